The number of nitrogens with two attached hydrogens (primary N) is 1. The molecule has 0 saturated carbocycles. The maximum Gasteiger partial charge on any atom is 0.244 e. The first kappa shape index (κ1) is 14.2. The van der Waals surface area contributed by atoms with Crippen LogP contribution in [0.15, 0.2) is 35.4 Å². The Morgan fingerprint density at radius 3 is 2.79 bits per heavy atom. The normalized spacial score (nSPS) is 11.5. The number of anilines is 1. The van der Waals surface area contributed by atoms with Crippen molar-refractivity contribution >= 4 is 38.8 Å². The van der Waals surface area contributed by atoms with Crippen molar-refractivity contribution in [3.8, 4) is 0 Å². The molecule has 4 N–H and O–H groups in total. The summed E-state index contributed by atoms with van der Waals surface area (Å²) in [5.41, 5.74) is 2.26. The van der Waals surface area contributed by atoms with Gasteiger partial charge in [0.1, 0.15) is 4.90 Å². The number of nitrogen functional groups attached to an aromatic ring is 1. The lowest BCUT2D eigenvalue weighted by atomic mass is 10.5. The smallest absolute Gasteiger partial charge is 0.244 e. The van der Waals surface area contributed by atoms with Crippen molar-refractivity contribution in [2.24, 2.45) is 5.84 Å². The molecule has 2 heterocycles. The van der Waals surface area contributed by atoms with Gasteiger partial charge in [-0.15, -0.1) is 11.3 Å². The summed E-state index contributed by atoms with van der Waals surface area (Å²) in [7, 11) is -3.68. The number of nitrogens with zero attached hydrogens (tertiary/aromatic N) is 1. The summed E-state index contributed by atoms with van der Waals surface area (Å²) >= 11 is 7.10. The van der Waals surface area contributed by atoms with Gasteiger partial charge in [0.15, 0.2) is 5.82 Å². The van der Waals surface area contributed by atoms with Gasteiger partial charge in [-0.1, -0.05) is 11.6 Å². The molecule has 0 atom stereocenters. The van der Waals surface area contributed by atoms with Gasteiger partial charge in [0, 0.05) is 17.6 Å². The average molecular weight is 319 g/mol. The van der Waals surface area contributed by atoms with Gasteiger partial charge in [-0.25, -0.2) is 24.0 Å². The summed E-state index contributed by atoms with van der Waals surface area (Å²) in [6.45, 7) is 0.165. The standard InChI is InChI=1S/C10H11ClN4O2S2/c11-9-4-3-7(18-9)6-14-19(16,17)8-2-1-5-13-10(8)15-12/h1-5,14H,6,12H2,(H,13,15). The highest BCUT2D eigenvalue weighted by molar-refractivity contribution is 7.89. The zero-order valence-electron chi connectivity index (χ0n) is 9.63. The molecule has 2 aromatic rings. The highest BCUT2D eigenvalue weighted by Crippen LogP contribution is 2.22. The first-order chi connectivity index (χ1) is 9.03. The van der Waals surface area contributed by atoms with E-state index in [-0.39, 0.29) is 17.3 Å². The molecule has 0 radical (unpaired) electrons. The van der Waals surface area contributed by atoms with Crippen LogP contribution in [-0.4, -0.2) is 13.4 Å². The van der Waals surface area contributed by atoms with Crippen LogP contribution in [0.2, 0.25) is 4.34 Å². The van der Waals surface area contributed by atoms with Gasteiger partial charge < -0.3 is 5.43 Å². The molecule has 2 aromatic heterocycles. The quantitative estimate of drug-likeness (QED) is 0.574. The van der Waals surface area contributed by atoms with Gasteiger partial charge in [-0.05, 0) is 24.3 Å². The second-order valence-corrected chi connectivity index (χ2v) is 7.06. The van der Waals surface area contributed by atoms with E-state index in [0.29, 0.717) is 4.34 Å². The van der Waals surface area contributed by atoms with Gasteiger partial charge in [-0.3, -0.25) is 0 Å². The minimum Gasteiger partial charge on any atom is -0.307 e. The number of halogens is 1. The maximum absolute atomic E-state index is 12.1. The highest BCUT2D eigenvalue weighted by Gasteiger charge is 2.18. The fourth-order valence-electron chi connectivity index (χ4n) is 1.41. The summed E-state index contributed by atoms with van der Waals surface area (Å²) in [4.78, 5) is 4.67. The Bertz CT molecular complexity index is 672. The second-order valence-electron chi connectivity index (χ2n) is 3.52. The summed E-state index contributed by atoms with van der Waals surface area (Å²) in [5.74, 6) is 5.33. The molecule has 2 rings (SSSR count). The number of nitrogens with one attached hydrogen (secondary N) is 2. The zero-order valence-corrected chi connectivity index (χ0v) is 12.0. The van der Waals surface area contributed by atoms with Gasteiger partial charge in [0.25, 0.3) is 0 Å². The third-order valence-corrected chi connectivity index (χ3v) is 4.93. The molecule has 0 saturated heterocycles. The van der Waals surface area contributed by atoms with E-state index in [0.717, 1.165) is 4.88 Å². The number of hydrazine groups is 1. The number of aromatic nitrogens is 1. The number of hydrogen-bond donors (Lipinski definition) is 3. The molecular weight excluding hydrogens is 308 g/mol. The molecule has 0 bridgehead atoms. The number of thiophene rings is 1. The van der Waals surface area contributed by atoms with E-state index >= 15 is 0 Å². The molecular formula is C10H11ClN4O2S2. The lowest BCUT2D eigenvalue weighted by Gasteiger charge is -2.09. The van der Waals surface area contributed by atoms with E-state index in [1.807, 2.05) is 0 Å². The first-order valence-corrected chi connectivity index (χ1v) is 7.86. The monoisotopic (exact) mass is 318 g/mol. The molecule has 102 valence electrons. The minimum absolute atomic E-state index is 0.000142. The van der Waals surface area contributed by atoms with Crippen LogP contribution in [0.25, 0.3) is 0 Å². The predicted octanol–water partition coefficient (Wildman–Crippen LogP) is 1.56. The Labute approximate surface area is 119 Å². The Morgan fingerprint density at radius 2 is 2.16 bits per heavy atom. The van der Waals surface area contributed by atoms with Crippen LogP contribution >= 0.6 is 22.9 Å². The van der Waals surface area contributed by atoms with Crippen molar-refractivity contribution in [3.05, 3.63) is 39.7 Å². The molecule has 0 fully saturated rings. The van der Waals surface area contributed by atoms with Gasteiger partial charge in [0.2, 0.25) is 10.0 Å². The minimum atomic E-state index is -3.68. The van der Waals surface area contributed by atoms with Crippen LogP contribution in [0.4, 0.5) is 5.82 Å². The maximum atomic E-state index is 12.1. The Morgan fingerprint density at radius 1 is 1.37 bits per heavy atom. The number of rotatable bonds is 5. The van der Waals surface area contributed by atoms with E-state index in [4.69, 9.17) is 17.4 Å². The molecule has 0 aliphatic heterocycles. The first-order valence-electron chi connectivity index (χ1n) is 5.18. The van der Waals surface area contributed by atoms with Crippen molar-refractivity contribution in [2.75, 3.05) is 5.43 Å². The van der Waals surface area contributed by atoms with Crippen molar-refractivity contribution in [3.63, 3.8) is 0 Å². The summed E-state index contributed by atoms with van der Waals surface area (Å²) in [5, 5.41) is 0. The van der Waals surface area contributed by atoms with E-state index in [1.54, 1.807) is 12.1 Å². The van der Waals surface area contributed by atoms with Crippen LogP contribution in [0.3, 0.4) is 0 Å². The van der Waals surface area contributed by atoms with E-state index in [2.05, 4.69) is 15.1 Å². The average Bonchev–Trinajstić information content (AvgIpc) is 2.82. The molecule has 0 spiro atoms. The lowest BCUT2D eigenvalue weighted by Crippen LogP contribution is -2.25. The summed E-state index contributed by atoms with van der Waals surface area (Å²) in [6.07, 6.45) is 1.45. The van der Waals surface area contributed by atoms with Gasteiger partial charge in [-0.2, -0.15) is 0 Å². The number of sulfonamides is 1. The van der Waals surface area contributed by atoms with Gasteiger partial charge in [0.05, 0.1) is 4.34 Å². The second kappa shape index (κ2) is 5.85. The van der Waals surface area contributed by atoms with Crippen LogP contribution < -0.4 is 16.0 Å². The molecule has 0 unspecified atom stereocenters. The molecule has 0 aliphatic rings. The Kier molecular flexibility index (Phi) is 4.38. The van der Waals surface area contributed by atoms with E-state index < -0.39 is 10.0 Å². The topological polar surface area (TPSA) is 97.1 Å². The predicted molar refractivity (Wildman–Crippen MR) is 75.4 cm³/mol. The fourth-order valence-corrected chi connectivity index (χ4v) is 3.65. The molecule has 6 nitrogen and oxygen atoms in total. The third-order valence-electron chi connectivity index (χ3n) is 2.26. The molecule has 0 amide bonds. The SMILES string of the molecule is NNc1ncccc1S(=O)(=O)NCc1ccc(Cl)s1. The molecule has 9 heteroatoms. The van der Waals surface area contributed by atoms with Crippen LogP contribution in [0.5, 0.6) is 0 Å². The summed E-state index contributed by atoms with van der Waals surface area (Å²) in [6, 6.07) is 6.43. The van der Waals surface area contributed by atoms with Crippen LogP contribution in [0, 0.1) is 0 Å². The van der Waals surface area contributed by atoms with Crippen LogP contribution in [-0.2, 0) is 16.6 Å². The van der Waals surface area contributed by atoms with Crippen molar-refractivity contribution in [1.29, 1.82) is 0 Å². The fraction of sp³-hybridized carbons (Fsp3) is 0.100. The lowest BCUT2D eigenvalue weighted by molar-refractivity contribution is 0.581. The van der Waals surface area contributed by atoms with Crippen molar-refractivity contribution in [2.45, 2.75) is 11.4 Å². The largest absolute Gasteiger partial charge is 0.307 e. The Hall–Kier alpha value is -1.19. The molecule has 19 heavy (non-hydrogen) atoms. The number of hydrogen-bond acceptors (Lipinski definition) is 6. The van der Waals surface area contributed by atoms with E-state index in [9.17, 15) is 8.42 Å². The molecule has 0 aliphatic carbocycles. The third kappa shape index (κ3) is 3.43. The number of pyridine rings is 1. The highest BCUT2D eigenvalue weighted by atomic mass is 35.5. The van der Waals surface area contributed by atoms with E-state index in [1.165, 1.54) is 29.7 Å². The van der Waals surface area contributed by atoms with Crippen LogP contribution in [0.1, 0.15) is 4.88 Å². The Balaban J connectivity index is 2.18. The van der Waals surface area contributed by atoms with Crippen molar-refractivity contribution < 1.29 is 8.42 Å². The van der Waals surface area contributed by atoms with Gasteiger partial charge >= 0.3 is 0 Å². The zero-order chi connectivity index (χ0) is 13.9. The summed E-state index contributed by atoms with van der Waals surface area (Å²) < 4.78 is 27.3. The molecule has 0 aromatic carbocycles. The van der Waals surface area contributed by atoms with Crippen molar-refractivity contribution in [1.82, 2.24) is 9.71 Å².